The molecule has 3 N–H and O–H groups in total. The number of amides is 1. The summed E-state index contributed by atoms with van der Waals surface area (Å²) in [6, 6.07) is 5.21. The van der Waals surface area contributed by atoms with Crippen molar-refractivity contribution in [3.05, 3.63) is 34.9 Å². The Morgan fingerprint density at radius 1 is 1.45 bits per heavy atom. The van der Waals surface area contributed by atoms with Gasteiger partial charge in [-0.15, -0.1) is 17.5 Å². The van der Waals surface area contributed by atoms with Crippen LogP contribution in [-0.4, -0.2) is 32.7 Å². The number of nitrogens with zero attached hydrogens (tertiary/aromatic N) is 3. The average molecular weight is 328 g/mol. The molecule has 1 atom stereocenters. The molecule has 0 saturated heterocycles. The van der Waals surface area contributed by atoms with E-state index >= 15 is 0 Å². The van der Waals surface area contributed by atoms with E-state index in [-0.39, 0.29) is 36.6 Å². The van der Waals surface area contributed by atoms with Crippen LogP contribution in [0.3, 0.4) is 0 Å². The van der Waals surface area contributed by atoms with E-state index < -0.39 is 0 Å². The van der Waals surface area contributed by atoms with Crippen LogP contribution in [0.1, 0.15) is 26.2 Å². The van der Waals surface area contributed by atoms with Crippen LogP contribution in [0.5, 0.6) is 0 Å². The van der Waals surface area contributed by atoms with Gasteiger partial charge >= 0.3 is 5.69 Å². The Labute approximate surface area is 134 Å². The highest BCUT2D eigenvalue weighted by molar-refractivity contribution is 5.85. The molecule has 0 radical (unpaired) electrons. The number of unbranched alkanes of at least 4 members (excludes halogenated alkanes) is 1. The lowest BCUT2D eigenvalue weighted by atomic mass is 10.1. The van der Waals surface area contributed by atoms with E-state index in [1.807, 2.05) is 0 Å². The zero-order valence-corrected chi connectivity index (χ0v) is 13.4. The molecule has 0 spiro atoms. The number of hydrogen-bond acceptors (Lipinski definition) is 4. The lowest BCUT2D eigenvalue weighted by molar-refractivity contribution is -0.122. The number of carbonyl (C=O) groups is 1. The minimum atomic E-state index is -0.321. The van der Waals surface area contributed by atoms with Crippen molar-refractivity contribution in [1.82, 2.24) is 19.5 Å². The molecule has 122 valence electrons. The molecule has 2 aromatic heterocycles. The van der Waals surface area contributed by atoms with Crippen molar-refractivity contribution < 1.29 is 4.79 Å². The smallest absolute Gasteiger partial charge is 0.350 e. The van der Waals surface area contributed by atoms with Crippen molar-refractivity contribution in [1.29, 1.82) is 0 Å². The number of halogens is 1. The molecule has 0 fully saturated rings. The highest BCUT2D eigenvalue weighted by atomic mass is 35.5. The summed E-state index contributed by atoms with van der Waals surface area (Å²) in [6.45, 7) is 2.39. The van der Waals surface area contributed by atoms with Crippen LogP contribution in [0, 0.1) is 0 Å². The second-order valence-electron chi connectivity index (χ2n) is 5.01. The van der Waals surface area contributed by atoms with Crippen LogP contribution in [0.25, 0.3) is 5.65 Å². The Morgan fingerprint density at radius 3 is 2.86 bits per heavy atom. The van der Waals surface area contributed by atoms with E-state index in [0.29, 0.717) is 12.2 Å². The normalized spacial score (nSPS) is 11.9. The molecule has 0 aliphatic carbocycles. The Balaban J connectivity index is 0.00000242. The maximum Gasteiger partial charge on any atom is 0.350 e. The Hall–Kier alpha value is -1.86. The number of carbonyl (C=O) groups excluding carboxylic acids is 1. The van der Waals surface area contributed by atoms with Gasteiger partial charge in [0.15, 0.2) is 5.65 Å². The summed E-state index contributed by atoms with van der Waals surface area (Å²) in [4.78, 5) is 24.0. The third-order valence-corrected chi connectivity index (χ3v) is 3.34. The number of rotatable bonds is 7. The number of hydrogen-bond donors (Lipinski definition) is 2. The van der Waals surface area contributed by atoms with Gasteiger partial charge in [-0.2, -0.15) is 0 Å². The van der Waals surface area contributed by atoms with Gasteiger partial charge in [0, 0.05) is 18.8 Å². The first-order valence-electron chi connectivity index (χ1n) is 7.19. The van der Waals surface area contributed by atoms with Crippen molar-refractivity contribution in [2.75, 3.05) is 6.54 Å². The van der Waals surface area contributed by atoms with Crippen molar-refractivity contribution >= 4 is 24.0 Å². The molecular formula is C14H22ClN5O2. The number of pyridine rings is 1. The van der Waals surface area contributed by atoms with Gasteiger partial charge in [-0.3, -0.25) is 9.20 Å². The lowest BCUT2D eigenvalue weighted by Crippen LogP contribution is -2.42. The summed E-state index contributed by atoms with van der Waals surface area (Å²) in [5, 5.41) is 6.97. The number of fused-ring (bicyclic) bond motifs is 1. The lowest BCUT2D eigenvalue weighted by Gasteiger charge is -2.16. The first-order valence-corrected chi connectivity index (χ1v) is 7.19. The Kier molecular flexibility index (Phi) is 7.07. The molecule has 0 aromatic carbocycles. The summed E-state index contributed by atoms with van der Waals surface area (Å²) in [5.74, 6) is -0.243. The monoisotopic (exact) mass is 327 g/mol. The van der Waals surface area contributed by atoms with Crippen molar-refractivity contribution in [3.63, 3.8) is 0 Å². The van der Waals surface area contributed by atoms with E-state index in [9.17, 15) is 9.59 Å². The topological polar surface area (TPSA) is 94.4 Å². The predicted molar refractivity (Wildman–Crippen MR) is 87.2 cm³/mol. The van der Waals surface area contributed by atoms with Gasteiger partial charge in [0.1, 0.15) is 6.54 Å². The van der Waals surface area contributed by atoms with Gasteiger partial charge < -0.3 is 11.1 Å². The second-order valence-corrected chi connectivity index (χ2v) is 5.01. The molecule has 0 bridgehead atoms. The van der Waals surface area contributed by atoms with Crippen LogP contribution in [-0.2, 0) is 11.3 Å². The van der Waals surface area contributed by atoms with Crippen LogP contribution >= 0.6 is 12.4 Å². The van der Waals surface area contributed by atoms with Crippen LogP contribution in [0.4, 0.5) is 0 Å². The van der Waals surface area contributed by atoms with Crippen LogP contribution in [0.2, 0.25) is 0 Å². The summed E-state index contributed by atoms with van der Waals surface area (Å²) < 4.78 is 2.57. The molecule has 0 aliphatic rings. The van der Waals surface area contributed by atoms with E-state index in [2.05, 4.69) is 17.3 Å². The molecule has 8 heteroatoms. The minimum absolute atomic E-state index is 0. The van der Waals surface area contributed by atoms with Gasteiger partial charge in [-0.1, -0.05) is 25.8 Å². The number of nitrogens with two attached hydrogens (primary N) is 1. The van der Waals surface area contributed by atoms with Gasteiger partial charge in [0.05, 0.1) is 0 Å². The summed E-state index contributed by atoms with van der Waals surface area (Å²) in [6.07, 6.45) is 4.54. The van der Waals surface area contributed by atoms with Crippen LogP contribution in [0.15, 0.2) is 29.2 Å². The fourth-order valence-electron chi connectivity index (χ4n) is 2.18. The van der Waals surface area contributed by atoms with Crippen LogP contribution < -0.4 is 16.7 Å². The van der Waals surface area contributed by atoms with Gasteiger partial charge in [0.25, 0.3) is 0 Å². The first-order chi connectivity index (χ1) is 10.2. The zero-order valence-electron chi connectivity index (χ0n) is 12.6. The quantitative estimate of drug-likeness (QED) is 0.776. The average Bonchev–Trinajstić information content (AvgIpc) is 2.80. The largest absolute Gasteiger partial charge is 0.350 e. The third-order valence-electron chi connectivity index (χ3n) is 3.34. The molecule has 2 rings (SSSR count). The molecule has 1 unspecified atom stereocenters. The maximum absolute atomic E-state index is 12.1. The zero-order chi connectivity index (χ0) is 15.2. The molecule has 2 heterocycles. The fraction of sp³-hybridized carbons (Fsp3) is 0.500. The number of aromatic nitrogens is 3. The van der Waals surface area contributed by atoms with Gasteiger partial charge in [-0.05, 0) is 18.6 Å². The van der Waals surface area contributed by atoms with E-state index in [1.54, 1.807) is 24.4 Å². The van der Waals surface area contributed by atoms with Crippen molar-refractivity contribution in [3.8, 4) is 0 Å². The minimum Gasteiger partial charge on any atom is -0.350 e. The first kappa shape index (κ1) is 18.2. The molecule has 22 heavy (non-hydrogen) atoms. The standard InChI is InChI=1S/C14H21N5O2.ClH/c1-2-3-6-11(9-15)16-13(20)10-19-14(21)18-8-5-4-7-12(18)17-19;/h4-5,7-8,11H,2-3,6,9-10,15H2,1H3,(H,16,20);1H. The fourth-order valence-corrected chi connectivity index (χ4v) is 2.18. The molecule has 1 amide bonds. The highest BCUT2D eigenvalue weighted by Crippen LogP contribution is 1.99. The molecule has 2 aromatic rings. The molecule has 0 saturated carbocycles. The third kappa shape index (κ3) is 4.32. The molecule has 7 nitrogen and oxygen atoms in total. The summed E-state index contributed by atoms with van der Waals surface area (Å²) in [5.41, 5.74) is 5.85. The summed E-state index contributed by atoms with van der Waals surface area (Å²) in [7, 11) is 0. The highest BCUT2D eigenvalue weighted by Gasteiger charge is 2.13. The molecular weight excluding hydrogens is 306 g/mol. The van der Waals surface area contributed by atoms with E-state index in [1.165, 1.54) is 4.40 Å². The summed E-state index contributed by atoms with van der Waals surface area (Å²) >= 11 is 0. The van der Waals surface area contributed by atoms with Gasteiger partial charge in [-0.25, -0.2) is 9.48 Å². The maximum atomic E-state index is 12.1. The van der Waals surface area contributed by atoms with Crippen molar-refractivity contribution in [2.45, 2.75) is 38.8 Å². The van der Waals surface area contributed by atoms with E-state index in [0.717, 1.165) is 23.9 Å². The van der Waals surface area contributed by atoms with E-state index in [4.69, 9.17) is 5.73 Å². The molecule has 0 aliphatic heterocycles. The predicted octanol–water partition coefficient (Wildman–Crippen LogP) is 0.552. The SMILES string of the molecule is CCCCC(CN)NC(=O)Cn1nc2ccccn2c1=O.Cl. The Morgan fingerprint density at radius 2 is 2.23 bits per heavy atom. The Bertz CT molecular complexity index is 667. The van der Waals surface area contributed by atoms with Gasteiger partial charge in [0.2, 0.25) is 5.91 Å². The number of nitrogens with one attached hydrogen (secondary N) is 1. The second kappa shape index (κ2) is 8.55. The van der Waals surface area contributed by atoms with Crippen molar-refractivity contribution in [2.24, 2.45) is 5.73 Å².